The summed E-state index contributed by atoms with van der Waals surface area (Å²) < 4.78 is 11.6. The van der Waals surface area contributed by atoms with Gasteiger partial charge in [0.25, 0.3) is 0 Å². The van der Waals surface area contributed by atoms with Crippen LogP contribution in [0.4, 0.5) is 5.69 Å². The van der Waals surface area contributed by atoms with Gasteiger partial charge < -0.3 is 19.7 Å². The molecule has 7 heteroatoms. The van der Waals surface area contributed by atoms with E-state index in [1.54, 1.807) is 24.5 Å². The van der Waals surface area contributed by atoms with Gasteiger partial charge in [0.1, 0.15) is 17.6 Å². The molecule has 0 saturated carbocycles. The van der Waals surface area contributed by atoms with Crippen LogP contribution >= 0.6 is 11.3 Å². The molecule has 1 N–H and O–H groups in total. The van der Waals surface area contributed by atoms with Crippen LogP contribution in [0.15, 0.2) is 53.2 Å². The number of anilines is 1. The van der Waals surface area contributed by atoms with Crippen LogP contribution in [0.2, 0.25) is 0 Å². The molecule has 0 spiro atoms. The molecule has 2 amide bonds. The van der Waals surface area contributed by atoms with Gasteiger partial charge in [-0.2, -0.15) is 11.3 Å². The van der Waals surface area contributed by atoms with Gasteiger partial charge in [-0.3, -0.25) is 9.59 Å². The van der Waals surface area contributed by atoms with Crippen LogP contribution in [-0.2, 0) is 16.1 Å². The number of carbonyl (C=O) groups excluding carboxylic acids is 2. The number of hydrogen-bond donors (Lipinski definition) is 1. The number of amides is 2. The van der Waals surface area contributed by atoms with E-state index in [0.29, 0.717) is 24.5 Å². The second kappa shape index (κ2) is 8.31. The molecule has 32 heavy (non-hydrogen) atoms. The number of nitrogens with zero attached hydrogens (tertiary/aromatic N) is 1. The number of rotatable bonds is 4. The first-order valence-corrected chi connectivity index (χ1v) is 11.5. The normalized spacial score (nSPS) is 19.4. The number of hydrogen-bond acceptors (Lipinski definition) is 5. The van der Waals surface area contributed by atoms with Crippen LogP contribution < -0.4 is 14.8 Å². The fraction of sp³-hybridized carbons (Fsp3) is 0.280. The molecular weight excluding hydrogens is 424 g/mol. The van der Waals surface area contributed by atoms with Gasteiger partial charge in [-0.1, -0.05) is 23.8 Å². The number of thiophene rings is 1. The summed E-state index contributed by atoms with van der Waals surface area (Å²) in [5.41, 5.74) is 4.70. The summed E-state index contributed by atoms with van der Waals surface area (Å²) in [4.78, 5) is 28.0. The van der Waals surface area contributed by atoms with Crippen molar-refractivity contribution in [3.8, 4) is 11.5 Å². The minimum Gasteiger partial charge on any atom is -0.497 e. The Bertz CT molecular complexity index is 1170. The lowest BCUT2D eigenvalue weighted by molar-refractivity contribution is -0.134. The van der Waals surface area contributed by atoms with E-state index < -0.39 is 5.92 Å². The number of methoxy groups -OCH3 is 1. The lowest BCUT2D eigenvalue weighted by Gasteiger charge is -2.25. The third-order valence-corrected chi connectivity index (χ3v) is 6.79. The Morgan fingerprint density at radius 1 is 1.25 bits per heavy atom. The van der Waals surface area contributed by atoms with Crippen molar-refractivity contribution >= 4 is 28.8 Å². The molecule has 6 nitrogen and oxygen atoms in total. The quantitative estimate of drug-likeness (QED) is 0.631. The number of benzene rings is 2. The zero-order valence-corrected chi connectivity index (χ0v) is 18.8. The smallest absolute Gasteiger partial charge is 0.232 e. The zero-order chi connectivity index (χ0) is 22.2. The van der Waals surface area contributed by atoms with Gasteiger partial charge in [-0.05, 0) is 41.4 Å². The summed E-state index contributed by atoms with van der Waals surface area (Å²) in [5.74, 6) is 0.749. The maximum Gasteiger partial charge on any atom is 0.232 e. The summed E-state index contributed by atoms with van der Waals surface area (Å²) in [6.07, 6.45) is -0.133. The van der Waals surface area contributed by atoms with Crippen LogP contribution in [0.3, 0.4) is 0 Å². The number of aryl methyl sites for hydroxylation is 1. The minimum atomic E-state index is -0.510. The van der Waals surface area contributed by atoms with E-state index in [1.165, 1.54) is 0 Å². The number of carbonyl (C=O) groups is 2. The highest BCUT2D eigenvalue weighted by atomic mass is 32.1. The third-order valence-electron chi connectivity index (χ3n) is 6.09. The van der Waals surface area contributed by atoms with Crippen molar-refractivity contribution in [3.05, 3.63) is 75.5 Å². The van der Waals surface area contributed by atoms with Crippen molar-refractivity contribution in [1.29, 1.82) is 0 Å². The molecule has 2 aliphatic rings. The van der Waals surface area contributed by atoms with Gasteiger partial charge in [-0.15, -0.1) is 0 Å². The van der Waals surface area contributed by atoms with Crippen LogP contribution in [-0.4, -0.2) is 30.4 Å². The standard InChI is InChI=1S/C25H24N2O4S/c1-15-3-6-22-17(9-15)12-27(13-23(31-22)16-7-8-32-14-16)24(28)11-20-19-5-4-18(30-2)10-21(19)26-25(20)29/h3-10,14,20,23H,11-13H2,1-2H3,(H,26,29). The average molecular weight is 449 g/mol. The van der Waals surface area contributed by atoms with Crippen molar-refractivity contribution in [2.75, 3.05) is 19.0 Å². The maximum atomic E-state index is 13.5. The Hall–Kier alpha value is -3.32. The molecule has 2 unspecified atom stereocenters. The molecule has 2 aliphatic heterocycles. The fourth-order valence-corrected chi connectivity index (χ4v) is 5.07. The third kappa shape index (κ3) is 3.84. The lowest BCUT2D eigenvalue weighted by atomic mass is 9.96. The summed E-state index contributed by atoms with van der Waals surface area (Å²) in [7, 11) is 1.59. The summed E-state index contributed by atoms with van der Waals surface area (Å²) in [5, 5.41) is 6.95. The molecule has 3 heterocycles. The average Bonchev–Trinajstić information content (AvgIpc) is 3.37. The van der Waals surface area contributed by atoms with E-state index in [9.17, 15) is 9.59 Å². The topological polar surface area (TPSA) is 67.9 Å². The molecule has 0 saturated heterocycles. The van der Waals surface area contributed by atoms with E-state index in [4.69, 9.17) is 9.47 Å². The molecule has 0 radical (unpaired) electrons. The highest BCUT2D eigenvalue weighted by Crippen LogP contribution is 2.38. The molecule has 2 atom stereocenters. The second-order valence-corrected chi connectivity index (χ2v) is 9.03. The van der Waals surface area contributed by atoms with E-state index >= 15 is 0 Å². The van der Waals surface area contributed by atoms with Crippen LogP contribution in [0.25, 0.3) is 0 Å². The first kappa shape index (κ1) is 20.6. The summed E-state index contributed by atoms with van der Waals surface area (Å²) >= 11 is 1.61. The summed E-state index contributed by atoms with van der Waals surface area (Å²) in [6, 6.07) is 13.6. The predicted molar refractivity (Wildman–Crippen MR) is 123 cm³/mol. The van der Waals surface area contributed by atoms with E-state index in [-0.39, 0.29) is 24.3 Å². The molecule has 1 aromatic heterocycles. The largest absolute Gasteiger partial charge is 0.497 e. The molecule has 3 aromatic rings. The highest BCUT2D eigenvalue weighted by molar-refractivity contribution is 7.07. The Labute approximate surface area is 190 Å². The molecule has 0 fully saturated rings. The van der Waals surface area contributed by atoms with Crippen molar-refractivity contribution in [3.63, 3.8) is 0 Å². The lowest BCUT2D eigenvalue weighted by Crippen LogP contribution is -2.35. The van der Waals surface area contributed by atoms with Crippen molar-refractivity contribution in [2.45, 2.75) is 31.9 Å². The predicted octanol–water partition coefficient (Wildman–Crippen LogP) is 4.65. The van der Waals surface area contributed by atoms with E-state index in [0.717, 1.165) is 28.0 Å². The van der Waals surface area contributed by atoms with Crippen molar-refractivity contribution in [1.82, 2.24) is 4.90 Å². The van der Waals surface area contributed by atoms with Gasteiger partial charge in [-0.25, -0.2) is 0 Å². The number of ether oxygens (including phenoxy) is 2. The Morgan fingerprint density at radius 2 is 2.12 bits per heavy atom. The second-order valence-electron chi connectivity index (χ2n) is 8.25. The van der Waals surface area contributed by atoms with Gasteiger partial charge in [0.15, 0.2) is 0 Å². The van der Waals surface area contributed by atoms with Gasteiger partial charge >= 0.3 is 0 Å². The highest BCUT2D eigenvalue weighted by Gasteiger charge is 2.35. The SMILES string of the molecule is COc1ccc2c(c1)NC(=O)C2CC(=O)N1Cc2cc(C)ccc2OC(c2ccsc2)C1. The van der Waals surface area contributed by atoms with E-state index in [2.05, 4.69) is 16.8 Å². The molecule has 0 bridgehead atoms. The maximum absolute atomic E-state index is 13.5. The molecule has 0 aliphatic carbocycles. The monoisotopic (exact) mass is 448 g/mol. The molecular formula is C25H24N2O4S. The van der Waals surface area contributed by atoms with Crippen LogP contribution in [0.1, 0.15) is 40.7 Å². The van der Waals surface area contributed by atoms with Gasteiger partial charge in [0.2, 0.25) is 11.8 Å². The number of fused-ring (bicyclic) bond motifs is 2. The molecule has 164 valence electrons. The first-order chi connectivity index (χ1) is 15.5. The molecule has 2 aromatic carbocycles. The van der Waals surface area contributed by atoms with Crippen molar-refractivity contribution < 1.29 is 19.1 Å². The van der Waals surface area contributed by atoms with Gasteiger partial charge in [0.05, 0.1) is 19.6 Å². The Kier molecular flexibility index (Phi) is 5.35. The number of nitrogens with one attached hydrogen (secondary N) is 1. The van der Waals surface area contributed by atoms with E-state index in [1.807, 2.05) is 47.5 Å². The Morgan fingerprint density at radius 3 is 2.91 bits per heavy atom. The van der Waals surface area contributed by atoms with Gasteiger partial charge in [0, 0.05) is 35.8 Å². The fourth-order valence-electron chi connectivity index (χ4n) is 4.37. The molecule has 5 rings (SSSR count). The van der Waals surface area contributed by atoms with Crippen LogP contribution in [0, 0.1) is 6.92 Å². The Balaban J connectivity index is 1.42. The minimum absolute atomic E-state index is 0.0630. The van der Waals surface area contributed by atoms with Crippen molar-refractivity contribution in [2.24, 2.45) is 0 Å². The first-order valence-electron chi connectivity index (χ1n) is 10.6. The summed E-state index contributed by atoms with van der Waals surface area (Å²) in [6.45, 7) is 2.93. The zero-order valence-electron chi connectivity index (χ0n) is 18.0. The van der Waals surface area contributed by atoms with Crippen LogP contribution in [0.5, 0.6) is 11.5 Å².